The highest BCUT2D eigenvalue weighted by Gasteiger charge is 2.49. The summed E-state index contributed by atoms with van der Waals surface area (Å²) in [5.74, 6) is 3.94. The molecular weight excluding hydrogens is 234 g/mol. The second-order valence-corrected chi connectivity index (χ2v) is 6.99. The van der Waals surface area contributed by atoms with Crippen molar-refractivity contribution in [1.82, 2.24) is 15.1 Å². The lowest BCUT2D eigenvalue weighted by molar-refractivity contribution is -0.0337. The van der Waals surface area contributed by atoms with Gasteiger partial charge in [0.15, 0.2) is 0 Å². The van der Waals surface area contributed by atoms with Gasteiger partial charge in [0.05, 0.1) is 11.7 Å². The van der Waals surface area contributed by atoms with Crippen molar-refractivity contribution >= 4 is 0 Å². The zero-order valence-electron chi connectivity index (χ0n) is 11.9. The largest absolute Gasteiger partial charge is 0.311 e. The Bertz CT molecular complexity index is 423. The highest BCUT2D eigenvalue weighted by atomic mass is 15.3. The fourth-order valence-corrected chi connectivity index (χ4v) is 5.22. The van der Waals surface area contributed by atoms with Gasteiger partial charge in [0, 0.05) is 12.7 Å². The van der Waals surface area contributed by atoms with Crippen molar-refractivity contribution < 1.29 is 0 Å². The van der Waals surface area contributed by atoms with Gasteiger partial charge in [0.1, 0.15) is 0 Å². The molecule has 0 aliphatic heterocycles. The summed E-state index contributed by atoms with van der Waals surface area (Å²) in [5, 5.41) is 8.22. The molecule has 0 saturated heterocycles. The van der Waals surface area contributed by atoms with Gasteiger partial charge in [0.25, 0.3) is 0 Å². The van der Waals surface area contributed by atoms with E-state index in [1.807, 2.05) is 0 Å². The first kappa shape index (κ1) is 12.0. The van der Waals surface area contributed by atoms with E-state index >= 15 is 0 Å². The van der Waals surface area contributed by atoms with Crippen molar-refractivity contribution in [3.05, 3.63) is 18.0 Å². The van der Waals surface area contributed by atoms with Crippen molar-refractivity contribution in [2.75, 3.05) is 6.54 Å². The van der Waals surface area contributed by atoms with Crippen LogP contribution in [0.3, 0.4) is 0 Å². The quantitative estimate of drug-likeness (QED) is 0.901. The summed E-state index contributed by atoms with van der Waals surface area (Å²) in [5.41, 5.74) is 1.20. The smallest absolute Gasteiger partial charge is 0.0762 e. The first-order valence-corrected chi connectivity index (χ1v) is 8.08. The maximum Gasteiger partial charge on any atom is 0.0762 e. The average molecular weight is 259 g/mol. The van der Waals surface area contributed by atoms with Crippen molar-refractivity contribution in [3.63, 3.8) is 0 Å². The lowest BCUT2D eigenvalue weighted by Gasteiger charge is -2.54. The molecule has 3 heteroatoms. The maximum absolute atomic E-state index is 4.85. The predicted molar refractivity (Wildman–Crippen MR) is 75.7 cm³/mol. The molecule has 1 heterocycles. The Labute approximate surface area is 115 Å². The minimum Gasteiger partial charge on any atom is -0.311 e. The van der Waals surface area contributed by atoms with E-state index in [-0.39, 0.29) is 0 Å². The lowest BCUT2D eigenvalue weighted by atomic mass is 9.54. The van der Waals surface area contributed by atoms with E-state index in [1.165, 1.54) is 37.8 Å². The van der Waals surface area contributed by atoms with Crippen molar-refractivity contribution in [3.8, 4) is 0 Å². The fraction of sp³-hybridized carbons (Fsp3) is 0.812. The highest BCUT2D eigenvalue weighted by Crippen LogP contribution is 2.58. The van der Waals surface area contributed by atoms with Gasteiger partial charge in [-0.15, -0.1) is 0 Å². The molecule has 19 heavy (non-hydrogen) atoms. The maximum atomic E-state index is 4.85. The van der Waals surface area contributed by atoms with Gasteiger partial charge in [0.2, 0.25) is 0 Å². The molecule has 4 fully saturated rings. The van der Waals surface area contributed by atoms with Crippen LogP contribution in [-0.2, 0) is 6.54 Å². The van der Waals surface area contributed by atoms with E-state index in [1.54, 1.807) is 0 Å². The van der Waals surface area contributed by atoms with Crippen molar-refractivity contribution in [2.24, 2.45) is 23.7 Å². The van der Waals surface area contributed by atoms with E-state index in [9.17, 15) is 0 Å². The third-order valence-electron chi connectivity index (χ3n) is 5.70. The minimum atomic E-state index is 0.711. The van der Waals surface area contributed by atoms with Crippen LogP contribution in [0.25, 0.3) is 0 Å². The Kier molecular flexibility index (Phi) is 2.91. The Hall–Kier alpha value is -0.830. The lowest BCUT2D eigenvalue weighted by Crippen LogP contribution is -2.46. The number of hydrogen-bond donors (Lipinski definition) is 1. The Morgan fingerprint density at radius 3 is 2.47 bits per heavy atom. The normalized spacial score (nSPS) is 39.9. The molecule has 0 radical (unpaired) electrons. The molecule has 1 N–H and O–H groups in total. The third kappa shape index (κ3) is 2.03. The Morgan fingerprint density at radius 2 is 1.84 bits per heavy atom. The molecular formula is C16H25N3. The van der Waals surface area contributed by atoms with Crippen LogP contribution in [0.15, 0.2) is 12.3 Å². The third-order valence-corrected chi connectivity index (χ3v) is 5.70. The van der Waals surface area contributed by atoms with Gasteiger partial charge < -0.3 is 5.32 Å². The van der Waals surface area contributed by atoms with Crippen LogP contribution in [0, 0.1) is 23.7 Å². The topological polar surface area (TPSA) is 29.9 Å². The van der Waals surface area contributed by atoms with Crippen LogP contribution >= 0.6 is 0 Å². The van der Waals surface area contributed by atoms with Gasteiger partial charge in [-0.2, -0.15) is 5.10 Å². The molecule has 5 rings (SSSR count). The number of nitrogens with one attached hydrogen (secondary N) is 1. The van der Waals surface area contributed by atoms with Crippen LogP contribution in [0.1, 0.15) is 50.8 Å². The minimum absolute atomic E-state index is 0.711. The van der Waals surface area contributed by atoms with E-state index in [2.05, 4.69) is 29.2 Å². The summed E-state index contributed by atoms with van der Waals surface area (Å²) in [4.78, 5) is 0. The second-order valence-electron chi connectivity index (χ2n) is 6.99. The summed E-state index contributed by atoms with van der Waals surface area (Å²) in [7, 11) is 0. The van der Waals surface area contributed by atoms with Gasteiger partial charge in [-0.25, -0.2) is 0 Å². The van der Waals surface area contributed by atoms with Crippen molar-refractivity contribution in [1.29, 1.82) is 0 Å². The Balaban J connectivity index is 1.54. The number of hydrogen-bond acceptors (Lipinski definition) is 2. The standard InChI is InChI=1S/C16H25N3/c1-2-17-10-15-3-4-19(18-15)16-13-6-11-5-12(8-13)9-14(16)7-11/h3-4,11-14,16-17H,2,5-10H2,1H3. The molecule has 4 saturated carbocycles. The van der Waals surface area contributed by atoms with Gasteiger partial charge in [-0.05, 0) is 68.4 Å². The summed E-state index contributed by atoms with van der Waals surface area (Å²) < 4.78 is 2.32. The second kappa shape index (κ2) is 4.62. The first-order chi connectivity index (χ1) is 9.33. The molecule has 3 nitrogen and oxygen atoms in total. The zero-order valence-corrected chi connectivity index (χ0v) is 11.9. The molecule has 0 amide bonds. The molecule has 0 unspecified atom stereocenters. The average Bonchev–Trinajstić information content (AvgIpc) is 2.83. The van der Waals surface area contributed by atoms with E-state index < -0.39 is 0 Å². The van der Waals surface area contributed by atoms with E-state index in [0.717, 1.165) is 36.8 Å². The van der Waals surface area contributed by atoms with Crippen molar-refractivity contribution in [2.45, 2.75) is 51.6 Å². The summed E-state index contributed by atoms with van der Waals surface area (Å²) >= 11 is 0. The zero-order chi connectivity index (χ0) is 12.8. The molecule has 0 aromatic carbocycles. The van der Waals surface area contributed by atoms with E-state index in [0.29, 0.717) is 6.04 Å². The van der Waals surface area contributed by atoms with Gasteiger partial charge in [-0.1, -0.05) is 6.92 Å². The summed E-state index contributed by atoms with van der Waals surface area (Å²) in [6.45, 7) is 4.08. The molecule has 4 aliphatic carbocycles. The number of aromatic nitrogens is 2. The first-order valence-electron chi connectivity index (χ1n) is 8.08. The SMILES string of the molecule is CCNCc1ccn(C2C3CC4CC(C3)CC2C4)n1. The molecule has 0 spiro atoms. The monoisotopic (exact) mass is 259 g/mol. The molecule has 4 bridgehead atoms. The highest BCUT2D eigenvalue weighted by molar-refractivity contribution is 5.05. The van der Waals surface area contributed by atoms with Crippen LogP contribution < -0.4 is 5.32 Å². The Morgan fingerprint density at radius 1 is 1.16 bits per heavy atom. The number of rotatable bonds is 4. The summed E-state index contributed by atoms with van der Waals surface area (Å²) in [6.07, 6.45) is 9.66. The van der Waals surface area contributed by atoms with Crippen LogP contribution in [0.2, 0.25) is 0 Å². The molecule has 1 aromatic rings. The molecule has 104 valence electrons. The van der Waals surface area contributed by atoms with Crippen LogP contribution in [-0.4, -0.2) is 16.3 Å². The number of nitrogens with zero attached hydrogens (tertiary/aromatic N) is 2. The van der Waals surface area contributed by atoms with Crippen LogP contribution in [0.5, 0.6) is 0 Å². The molecule has 1 aromatic heterocycles. The van der Waals surface area contributed by atoms with Crippen LogP contribution in [0.4, 0.5) is 0 Å². The fourth-order valence-electron chi connectivity index (χ4n) is 5.22. The van der Waals surface area contributed by atoms with Gasteiger partial charge in [-0.3, -0.25) is 4.68 Å². The molecule has 0 atom stereocenters. The summed E-state index contributed by atoms with van der Waals surface area (Å²) in [6, 6.07) is 2.91. The van der Waals surface area contributed by atoms with E-state index in [4.69, 9.17) is 5.10 Å². The predicted octanol–water partition coefficient (Wildman–Crippen LogP) is 2.99. The molecule has 4 aliphatic rings. The van der Waals surface area contributed by atoms with Gasteiger partial charge >= 0.3 is 0 Å².